The summed E-state index contributed by atoms with van der Waals surface area (Å²) in [4.78, 5) is 0. The first-order valence-electron chi connectivity index (χ1n) is 4.61. The molecule has 1 unspecified atom stereocenters. The molecule has 3 N–H and O–H groups in total. The Labute approximate surface area is 79.7 Å². The molecule has 3 nitrogen and oxygen atoms in total. The van der Waals surface area contributed by atoms with Crippen LogP contribution in [0.25, 0.3) is 0 Å². The van der Waals surface area contributed by atoms with E-state index in [4.69, 9.17) is 10.2 Å². The molecule has 0 aliphatic heterocycles. The lowest BCUT2D eigenvalue weighted by Crippen LogP contribution is -2.28. The monoisotopic (exact) mass is 188 g/mol. The van der Waals surface area contributed by atoms with Gasteiger partial charge in [-0.05, 0) is 33.1 Å². The van der Waals surface area contributed by atoms with Crippen molar-refractivity contribution < 1.29 is 15.3 Å². The zero-order chi connectivity index (χ0) is 10.3. The van der Waals surface area contributed by atoms with Gasteiger partial charge in [-0.25, -0.2) is 0 Å². The summed E-state index contributed by atoms with van der Waals surface area (Å²) in [6.45, 7) is 3.44. The molecule has 1 atom stereocenters. The summed E-state index contributed by atoms with van der Waals surface area (Å²) in [5, 5.41) is 26.8. The predicted octanol–water partition coefficient (Wildman–Crippen LogP) is 0.839. The van der Waals surface area contributed by atoms with E-state index in [1.165, 1.54) is 0 Å². The lowest BCUT2D eigenvalue weighted by Gasteiger charge is -2.19. The quantitative estimate of drug-likeness (QED) is 0.541. The third kappa shape index (κ3) is 6.75. The van der Waals surface area contributed by atoms with Crippen LogP contribution in [0.5, 0.6) is 0 Å². The molecular formula is C10H20O3. The summed E-state index contributed by atoms with van der Waals surface area (Å²) < 4.78 is 0. The van der Waals surface area contributed by atoms with Gasteiger partial charge in [0.25, 0.3) is 0 Å². The van der Waals surface area contributed by atoms with E-state index >= 15 is 0 Å². The normalized spacial score (nSPS) is 17.2. The minimum atomic E-state index is -0.959. The van der Waals surface area contributed by atoms with Crippen LogP contribution in [0.4, 0.5) is 0 Å². The lowest BCUT2D eigenvalue weighted by molar-refractivity contribution is -0.00640. The van der Waals surface area contributed by atoms with Crippen molar-refractivity contribution in [1.29, 1.82) is 0 Å². The molecule has 0 aliphatic rings. The van der Waals surface area contributed by atoms with Crippen LogP contribution in [0.1, 0.15) is 33.1 Å². The SMILES string of the molecule is C/C(=C\CO)CCCC(C)(O)CO. The van der Waals surface area contributed by atoms with E-state index in [1.807, 2.05) is 6.92 Å². The van der Waals surface area contributed by atoms with Crippen LogP contribution in [0.2, 0.25) is 0 Å². The fourth-order valence-corrected chi connectivity index (χ4v) is 1.09. The van der Waals surface area contributed by atoms with Gasteiger partial charge in [-0.1, -0.05) is 11.6 Å². The molecule has 0 fully saturated rings. The molecular weight excluding hydrogens is 168 g/mol. The molecule has 0 aromatic rings. The van der Waals surface area contributed by atoms with Crippen LogP contribution < -0.4 is 0 Å². The Morgan fingerprint density at radius 1 is 1.38 bits per heavy atom. The summed E-state index contributed by atoms with van der Waals surface area (Å²) in [5.74, 6) is 0. The zero-order valence-corrected chi connectivity index (χ0v) is 8.45. The lowest BCUT2D eigenvalue weighted by atomic mass is 9.98. The number of hydrogen-bond donors (Lipinski definition) is 3. The topological polar surface area (TPSA) is 60.7 Å². The maximum atomic E-state index is 9.45. The Hall–Kier alpha value is -0.380. The van der Waals surface area contributed by atoms with E-state index in [0.717, 1.165) is 18.4 Å². The van der Waals surface area contributed by atoms with E-state index in [1.54, 1.807) is 13.0 Å². The highest BCUT2D eigenvalue weighted by atomic mass is 16.3. The summed E-state index contributed by atoms with van der Waals surface area (Å²) in [6.07, 6.45) is 4.03. The Kier molecular flexibility index (Phi) is 5.95. The average Bonchev–Trinajstić information content (AvgIpc) is 2.05. The van der Waals surface area contributed by atoms with Crippen molar-refractivity contribution in [2.45, 2.75) is 38.7 Å². The van der Waals surface area contributed by atoms with Crippen LogP contribution in [-0.2, 0) is 0 Å². The number of allylic oxidation sites excluding steroid dienone is 1. The van der Waals surface area contributed by atoms with Gasteiger partial charge in [0.2, 0.25) is 0 Å². The molecule has 0 heterocycles. The highest BCUT2D eigenvalue weighted by Crippen LogP contribution is 2.15. The van der Waals surface area contributed by atoms with Crippen molar-refractivity contribution >= 4 is 0 Å². The van der Waals surface area contributed by atoms with E-state index in [2.05, 4.69) is 0 Å². The predicted molar refractivity (Wildman–Crippen MR) is 52.4 cm³/mol. The first-order chi connectivity index (χ1) is 6.02. The van der Waals surface area contributed by atoms with Crippen molar-refractivity contribution in [2.75, 3.05) is 13.2 Å². The molecule has 0 aromatic heterocycles. The van der Waals surface area contributed by atoms with Crippen molar-refractivity contribution in [3.05, 3.63) is 11.6 Å². The molecule has 0 bridgehead atoms. The molecule has 0 saturated heterocycles. The molecule has 78 valence electrons. The summed E-state index contributed by atoms with van der Waals surface area (Å²) >= 11 is 0. The molecule has 3 heteroatoms. The van der Waals surface area contributed by atoms with Gasteiger partial charge in [-0.15, -0.1) is 0 Å². The van der Waals surface area contributed by atoms with E-state index in [-0.39, 0.29) is 13.2 Å². The van der Waals surface area contributed by atoms with Crippen LogP contribution in [0.3, 0.4) is 0 Å². The highest BCUT2D eigenvalue weighted by Gasteiger charge is 2.17. The second-order valence-corrected chi connectivity index (χ2v) is 3.74. The van der Waals surface area contributed by atoms with Crippen molar-refractivity contribution in [2.24, 2.45) is 0 Å². The van der Waals surface area contributed by atoms with Gasteiger partial charge in [0.15, 0.2) is 0 Å². The van der Waals surface area contributed by atoms with Gasteiger partial charge >= 0.3 is 0 Å². The smallest absolute Gasteiger partial charge is 0.0849 e. The van der Waals surface area contributed by atoms with Crippen LogP contribution in [-0.4, -0.2) is 34.1 Å². The van der Waals surface area contributed by atoms with Gasteiger partial charge in [0.05, 0.1) is 18.8 Å². The second-order valence-electron chi connectivity index (χ2n) is 3.74. The van der Waals surface area contributed by atoms with Gasteiger partial charge in [-0.3, -0.25) is 0 Å². The number of aliphatic hydroxyl groups is 3. The first-order valence-corrected chi connectivity index (χ1v) is 4.61. The van der Waals surface area contributed by atoms with Crippen molar-refractivity contribution in [3.63, 3.8) is 0 Å². The van der Waals surface area contributed by atoms with Crippen molar-refractivity contribution in [1.82, 2.24) is 0 Å². The Morgan fingerprint density at radius 2 is 2.00 bits per heavy atom. The second kappa shape index (κ2) is 6.13. The first kappa shape index (κ1) is 12.6. The maximum absolute atomic E-state index is 9.45. The minimum absolute atomic E-state index is 0.0717. The van der Waals surface area contributed by atoms with E-state index in [0.29, 0.717) is 6.42 Å². The third-order valence-corrected chi connectivity index (χ3v) is 2.07. The molecule has 0 spiro atoms. The highest BCUT2D eigenvalue weighted by molar-refractivity contribution is 4.97. The van der Waals surface area contributed by atoms with Gasteiger partial charge in [0, 0.05) is 0 Å². The summed E-state index contributed by atoms with van der Waals surface area (Å²) in [7, 11) is 0. The fraction of sp³-hybridized carbons (Fsp3) is 0.800. The summed E-state index contributed by atoms with van der Waals surface area (Å²) in [5.41, 5.74) is 0.163. The molecule has 0 saturated carbocycles. The molecule has 0 radical (unpaired) electrons. The zero-order valence-electron chi connectivity index (χ0n) is 8.45. The van der Waals surface area contributed by atoms with Gasteiger partial charge < -0.3 is 15.3 Å². The number of aliphatic hydroxyl groups excluding tert-OH is 2. The Balaban J connectivity index is 3.62. The van der Waals surface area contributed by atoms with E-state index in [9.17, 15) is 5.11 Å². The molecule has 13 heavy (non-hydrogen) atoms. The maximum Gasteiger partial charge on any atom is 0.0849 e. The van der Waals surface area contributed by atoms with Crippen LogP contribution in [0, 0.1) is 0 Å². The average molecular weight is 188 g/mol. The van der Waals surface area contributed by atoms with Crippen LogP contribution in [0.15, 0.2) is 11.6 Å². The number of hydrogen-bond acceptors (Lipinski definition) is 3. The standard InChI is InChI=1S/C10H20O3/c1-9(5-7-11)4-3-6-10(2,13)8-12/h5,11-13H,3-4,6-8H2,1-2H3/b9-5+. The molecule has 0 rings (SSSR count). The molecule has 0 aliphatic carbocycles. The number of rotatable bonds is 6. The van der Waals surface area contributed by atoms with Gasteiger partial charge in [-0.2, -0.15) is 0 Å². The largest absolute Gasteiger partial charge is 0.393 e. The molecule has 0 amide bonds. The third-order valence-electron chi connectivity index (χ3n) is 2.07. The van der Waals surface area contributed by atoms with Crippen LogP contribution >= 0.6 is 0 Å². The Bertz CT molecular complexity index is 162. The van der Waals surface area contributed by atoms with E-state index < -0.39 is 5.60 Å². The Morgan fingerprint density at radius 3 is 2.46 bits per heavy atom. The van der Waals surface area contributed by atoms with Gasteiger partial charge in [0.1, 0.15) is 0 Å². The molecule has 0 aromatic carbocycles. The van der Waals surface area contributed by atoms with Crippen molar-refractivity contribution in [3.8, 4) is 0 Å². The fourth-order valence-electron chi connectivity index (χ4n) is 1.09. The summed E-state index contributed by atoms with van der Waals surface area (Å²) in [6, 6.07) is 0. The minimum Gasteiger partial charge on any atom is -0.393 e.